The van der Waals surface area contributed by atoms with Gasteiger partial charge in [0.05, 0.1) is 11.6 Å². The molecule has 0 spiro atoms. The molecule has 0 aliphatic rings. The Kier molecular flexibility index (Phi) is 1.30. The third-order valence-electron chi connectivity index (χ3n) is 1.83. The number of nitrogens with zero attached hydrogens (tertiary/aromatic N) is 2. The van der Waals surface area contributed by atoms with Gasteiger partial charge in [-0.1, -0.05) is 0 Å². The lowest BCUT2D eigenvalue weighted by Gasteiger charge is -1.97. The molecular weight excluding hydrogens is 159 g/mol. The van der Waals surface area contributed by atoms with E-state index < -0.39 is 0 Å². The fourth-order valence-corrected chi connectivity index (χ4v) is 1.23. The maximum atomic E-state index is 13.1. The van der Waals surface area contributed by atoms with Gasteiger partial charge in [0.1, 0.15) is 17.1 Å². The zero-order chi connectivity index (χ0) is 8.72. The van der Waals surface area contributed by atoms with Crippen LogP contribution in [0.5, 0.6) is 5.75 Å². The highest BCUT2D eigenvalue weighted by Gasteiger charge is 2.08. The predicted octanol–water partition coefficient (Wildman–Crippen LogP) is 1.42. The number of aryl methyl sites for hydroxylation is 1. The fraction of sp³-hybridized carbons (Fsp3) is 0.125. The molecule has 1 aromatic carbocycles. The van der Waals surface area contributed by atoms with Crippen LogP contribution < -0.4 is 0 Å². The van der Waals surface area contributed by atoms with Gasteiger partial charge in [0, 0.05) is 7.05 Å². The zero-order valence-electron chi connectivity index (χ0n) is 6.45. The highest BCUT2D eigenvalue weighted by atomic mass is 19.1. The average molecular weight is 166 g/mol. The summed E-state index contributed by atoms with van der Waals surface area (Å²) in [6.45, 7) is 0. The van der Waals surface area contributed by atoms with Gasteiger partial charge in [0.15, 0.2) is 0 Å². The summed E-state index contributed by atoms with van der Waals surface area (Å²) in [5, 5.41) is 13.6. The van der Waals surface area contributed by atoms with Crippen molar-refractivity contribution in [2.45, 2.75) is 0 Å². The number of hydrogen-bond donors (Lipinski definition) is 1. The zero-order valence-corrected chi connectivity index (χ0v) is 6.45. The van der Waals surface area contributed by atoms with Crippen LogP contribution in [0.15, 0.2) is 18.3 Å². The van der Waals surface area contributed by atoms with Crippen molar-refractivity contribution in [3.8, 4) is 5.75 Å². The number of fused-ring (bicyclic) bond motifs is 1. The van der Waals surface area contributed by atoms with E-state index in [9.17, 15) is 9.50 Å². The minimum Gasteiger partial charge on any atom is -0.507 e. The monoisotopic (exact) mass is 166 g/mol. The number of phenolic OH excluding ortho intramolecular Hbond substituents is 1. The van der Waals surface area contributed by atoms with Crippen LogP contribution >= 0.6 is 0 Å². The average Bonchev–Trinajstić information content (AvgIpc) is 2.42. The van der Waals surface area contributed by atoms with Crippen molar-refractivity contribution < 1.29 is 9.50 Å². The lowest BCUT2D eigenvalue weighted by atomic mass is 10.2. The highest BCUT2D eigenvalue weighted by molar-refractivity contribution is 5.85. The molecule has 0 saturated heterocycles. The maximum absolute atomic E-state index is 13.1. The first-order valence-electron chi connectivity index (χ1n) is 3.49. The number of phenols is 1. The molecule has 0 bridgehead atoms. The van der Waals surface area contributed by atoms with E-state index >= 15 is 0 Å². The van der Waals surface area contributed by atoms with E-state index in [0.717, 1.165) is 0 Å². The standard InChI is InChI=1S/C8H7FN2O/c1-11-8-5(4-10-11)7(12)3-2-6(8)9/h2-4,12H,1H3. The second kappa shape index (κ2) is 2.20. The third kappa shape index (κ3) is 0.777. The van der Waals surface area contributed by atoms with Gasteiger partial charge < -0.3 is 5.11 Å². The number of halogens is 1. The van der Waals surface area contributed by atoms with Crippen LogP contribution in [-0.4, -0.2) is 14.9 Å². The van der Waals surface area contributed by atoms with E-state index in [1.807, 2.05) is 0 Å². The Labute approximate surface area is 68.0 Å². The molecule has 12 heavy (non-hydrogen) atoms. The van der Waals surface area contributed by atoms with Gasteiger partial charge in [-0.2, -0.15) is 5.10 Å². The molecule has 0 aliphatic carbocycles. The molecule has 0 aliphatic heterocycles. The Bertz CT molecular complexity index is 436. The van der Waals surface area contributed by atoms with E-state index in [2.05, 4.69) is 5.10 Å². The fourth-order valence-electron chi connectivity index (χ4n) is 1.23. The van der Waals surface area contributed by atoms with Crippen LogP contribution in [-0.2, 0) is 7.05 Å². The Morgan fingerprint density at radius 1 is 1.50 bits per heavy atom. The molecule has 0 fully saturated rings. The van der Waals surface area contributed by atoms with Gasteiger partial charge in [0.25, 0.3) is 0 Å². The second-order valence-corrected chi connectivity index (χ2v) is 2.60. The first kappa shape index (κ1) is 7.09. The summed E-state index contributed by atoms with van der Waals surface area (Å²) in [4.78, 5) is 0. The van der Waals surface area contributed by atoms with Crippen LogP contribution in [0, 0.1) is 5.82 Å². The van der Waals surface area contributed by atoms with Crippen molar-refractivity contribution in [3.05, 3.63) is 24.1 Å². The quantitative estimate of drug-likeness (QED) is 0.642. The molecule has 3 nitrogen and oxygen atoms in total. The number of hydrogen-bond acceptors (Lipinski definition) is 2. The Morgan fingerprint density at radius 3 is 2.92 bits per heavy atom. The van der Waals surface area contributed by atoms with E-state index in [-0.39, 0.29) is 11.6 Å². The molecule has 0 radical (unpaired) electrons. The minimum atomic E-state index is -0.372. The van der Waals surface area contributed by atoms with Crippen molar-refractivity contribution in [2.24, 2.45) is 7.05 Å². The molecule has 0 amide bonds. The van der Waals surface area contributed by atoms with Crippen LogP contribution in [0.4, 0.5) is 4.39 Å². The predicted molar refractivity (Wildman–Crippen MR) is 42.3 cm³/mol. The highest BCUT2D eigenvalue weighted by Crippen LogP contribution is 2.25. The minimum absolute atomic E-state index is 0.0551. The van der Waals surface area contributed by atoms with Gasteiger partial charge in [-0.3, -0.25) is 4.68 Å². The van der Waals surface area contributed by atoms with Crippen LogP contribution in [0.25, 0.3) is 10.9 Å². The maximum Gasteiger partial charge on any atom is 0.149 e. The van der Waals surface area contributed by atoms with Crippen molar-refractivity contribution >= 4 is 10.9 Å². The number of aromatic hydroxyl groups is 1. The van der Waals surface area contributed by atoms with Gasteiger partial charge in [-0.05, 0) is 12.1 Å². The largest absolute Gasteiger partial charge is 0.507 e. The molecule has 62 valence electrons. The summed E-state index contributed by atoms with van der Waals surface area (Å²) in [5.41, 5.74) is 0.329. The van der Waals surface area contributed by atoms with Crippen molar-refractivity contribution in [2.75, 3.05) is 0 Å². The van der Waals surface area contributed by atoms with Crippen LogP contribution in [0.1, 0.15) is 0 Å². The summed E-state index contributed by atoms with van der Waals surface area (Å²) in [5.74, 6) is -0.317. The van der Waals surface area contributed by atoms with Crippen molar-refractivity contribution in [3.63, 3.8) is 0 Å². The van der Waals surface area contributed by atoms with Crippen LogP contribution in [0.3, 0.4) is 0 Å². The molecule has 2 aromatic rings. The second-order valence-electron chi connectivity index (χ2n) is 2.60. The van der Waals surface area contributed by atoms with Gasteiger partial charge in [-0.25, -0.2) is 4.39 Å². The summed E-state index contributed by atoms with van der Waals surface area (Å²) in [6.07, 6.45) is 1.44. The molecule has 1 heterocycles. The molecule has 2 rings (SSSR count). The van der Waals surface area contributed by atoms with E-state index in [1.165, 1.54) is 23.0 Å². The van der Waals surface area contributed by atoms with E-state index in [4.69, 9.17) is 0 Å². The lowest BCUT2D eigenvalue weighted by molar-refractivity contribution is 0.480. The van der Waals surface area contributed by atoms with Gasteiger partial charge in [-0.15, -0.1) is 0 Å². The molecule has 0 atom stereocenters. The summed E-state index contributed by atoms with van der Waals surface area (Å²) < 4.78 is 14.5. The topological polar surface area (TPSA) is 38.0 Å². The first-order valence-corrected chi connectivity index (χ1v) is 3.49. The van der Waals surface area contributed by atoms with Gasteiger partial charge in [0.2, 0.25) is 0 Å². The van der Waals surface area contributed by atoms with Crippen molar-refractivity contribution in [1.82, 2.24) is 9.78 Å². The Hall–Kier alpha value is -1.58. The molecular formula is C8H7FN2O. The smallest absolute Gasteiger partial charge is 0.149 e. The number of aromatic nitrogens is 2. The van der Waals surface area contributed by atoms with E-state index in [1.54, 1.807) is 7.05 Å². The summed E-state index contributed by atoms with van der Waals surface area (Å²) in [7, 11) is 1.63. The Balaban J connectivity index is 2.98. The summed E-state index contributed by atoms with van der Waals surface area (Å²) >= 11 is 0. The molecule has 0 unspecified atom stereocenters. The van der Waals surface area contributed by atoms with Gasteiger partial charge >= 0.3 is 0 Å². The van der Waals surface area contributed by atoms with E-state index in [0.29, 0.717) is 10.9 Å². The SMILES string of the molecule is Cn1ncc2c(O)ccc(F)c21. The summed E-state index contributed by atoms with van der Waals surface area (Å²) in [6, 6.07) is 2.54. The normalized spacial score (nSPS) is 10.8. The number of rotatable bonds is 0. The number of benzene rings is 1. The first-order chi connectivity index (χ1) is 5.70. The van der Waals surface area contributed by atoms with Crippen LogP contribution in [0.2, 0.25) is 0 Å². The molecule has 1 N–H and O–H groups in total. The molecule has 4 heteroatoms. The van der Waals surface area contributed by atoms with Crippen molar-refractivity contribution in [1.29, 1.82) is 0 Å². The lowest BCUT2D eigenvalue weighted by Crippen LogP contribution is -1.91. The third-order valence-corrected chi connectivity index (χ3v) is 1.83. The Morgan fingerprint density at radius 2 is 2.25 bits per heavy atom. The molecule has 1 aromatic heterocycles. The molecule has 0 saturated carbocycles.